The van der Waals surface area contributed by atoms with Crippen molar-refractivity contribution in [3.63, 3.8) is 0 Å². The number of amides is 2. The van der Waals surface area contributed by atoms with Gasteiger partial charge in [0.05, 0.1) is 0 Å². The van der Waals surface area contributed by atoms with Crippen molar-refractivity contribution in [2.75, 3.05) is 10.6 Å². The lowest BCUT2D eigenvalue weighted by atomic mass is 9.91. The Labute approximate surface area is 168 Å². The zero-order chi connectivity index (χ0) is 22.6. The van der Waals surface area contributed by atoms with E-state index in [9.17, 15) is 37.8 Å². The lowest BCUT2D eigenvalue weighted by Crippen LogP contribution is -2.51. The number of fused-ring (bicyclic) bond motifs is 3. The van der Waals surface area contributed by atoms with Crippen molar-refractivity contribution in [2.24, 2.45) is 0 Å². The van der Waals surface area contributed by atoms with E-state index in [1.165, 1.54) is 6.07 Å². The number of anilines is 2. The summed E-state index contributed by atoms with van der Waals surface area (Å²) in [4.78, 5) is 36.3. The van der Waals surface area contributed by atoms with E-state index in [0.717, 1.165) is 17.0 Å². The highest BCUT2D eigenvalue weighted by Crippen LogP contribution is 2.50. The average Bonchev–Trinajstić information content (AvgIpc) is 3.00. The fourth-order valence-corrected chi connectivity index (χ4v) is 3.58. The summed E-state index contributed by atoms with van der Waals surface area (Å²) in [5.74, 6) is -3.51. The number of carboxylic acid groups (broad SMARTS) is 1. The molecule has 30 heavy (non-hydrogen) atoms. The normalized spacial score (nSPS) is 25.2. The summed E-state index contributed by atoms with van der Waals surface area (Å²) < 4.78 is 42.7. The molecule has 3 atom stereocenters. The van der Waals surface area contributed by atoms with E-state index in [0.29, 0.717) is 0 Å². The topological polar surface area (TPSA) is 128 Å². The zero-order valence-corrected chi connectivity index (χ0v) is 16.2. The first-order valence-electron chi connectivity index (χ1n) is 8.89. The maximum absolute atomic E-state index is 12.6. The van der Waals surface area contributed by atoms with Gasteiger partial charge >= 0.3 is 24.1 Å². The van der Waals surface area contributed by atoms with Gasteiger partial charge in [-0.05, 0) is 32.9 Å². The van der Waals surface area contributed by atoms with Crippen molar-refractivity contribution < 1.29 is 42.5 Å². The number of nitrogens with zero attached hydrogens (tertiary/aromatic N) is 1. The van der Waals surface area contributed by atoms with Crippen LogP contribution in [0.2, 0.25) is 0 Å². The van der Waals surface area contributed by atoms with Crippen molar-refractivity contribution in [1.82, 2.24) is 4.90 Å². The average molecular weight is 431 g/mol. The van der Waals surface area contributed by atoms with Crippen LogP contribution in [0.5, 0.6) is 0 Å². The molecular formula is C18H20F3N3O6. The van der Waals surface area contributed by atoms with Crippen LogP contribution in [-0.2, 0) is 19.9 Å². The Bertz CT molecular complexity index is 913. The van der Waals surface area contributed by atoms with Gasteiger partial charge in [0.25, 0.3) is 0 Å². The first-order valence-corrected chi connectivity index (χ1v) is 8.89. The van der Waals surface area contributed by atoms with Crippen molar-refractivity contribution in [2.45, 2.75) is 56.8 Å². The summed E-state index contributed by atoms with van der Waals surface area (Å²) in [5.41, 5.74) is -2.59. The van der Waals surface area contributed by atoms with E-state index in [1.54, 1.807) is 26.1 Å². The molecule has 2 heterocycles. The molecule has 2 amide bonds. The number of aliphatic hydroxyl groups is 1. The molecule has 0 saturated carbocycles. The molecule has 0 aliphatic carbocycles. The third-order valence-electron chi connectivity index (χ3n) is 4.75. The van der Waals surface area contributed by atoms with Gasteiger partial charge in [-0.2, -0.15) is 13.2 Å². The molecule has 0 radical (unpaired) electrons. The Kier molecular flexibility index (Phi) is 4.88. The molecular weight excluding hydrogens is 411 g/mol. The Morgan fingerprint density at radius 3 is 2.43 bits per heavy atom. The minimum absolute atomic E-state index is 0.153. The number of carbonyl (C=O) groups is 3. The second-order valence-corrected chi connectivity index (χ2v) is 8.13. The molecule has 3 rings (SSSR count). The molecule has 1 aromatic rings. The molecule has 12 heteroatoms. The molecule has 1 aromatic carbocycles. The lowest BCUT2D eigenvalue weighted by molar-refractivity contribution is -0.167. The largest absolute Gasteiger partial charge is 0.480 e. The minimum atomic E-state index is -5.08. The van der Waals surface area contributed by atoms with Crippen LogP contribution in [-0.4, -0.2) is 57.1 Å². The highest BCUT2D eigenvalue weighted by Gasteiger charge is 2.61. The fourth-order valence-electron chi connectivity index (χ4n) is 3.58. The van der Waals surface area contributed by atoms with Gasteiger partial charge in [-0.1, -0.05) is 6.07 Å². The zero-order valence-electron chi connectivity index (χ0n) is 16.2. The molecule has 0 bridgehead atoms. The predicted octanol–water partition coefficient (Wildman–Crippen LogP) is 2.22. The summed E-state index contributed by atoms with van der Waals surface area (Å²) in [6, 6.07) is 2.20. The van der Waals surface area contributed by atoms with Crippen LogP contribution in [0.25, 0.3) is 0 Å². The van der Waals surface area contributed by atoms with Gasteiger partial charge in [0.15, 0.2) is 0 Å². The first-order chi connectivity index (χ1) is 13.6. The molecule has 0 spiro atoms. The highest BCUT2D eigenvalue weighted by atomic mass is 19.4. The summed E-state index contributed by atoms with van der Waals surface area (Å²) in [5, 5.41) is 25.2. The molecule has 3 unspecified atom stereocenters. The van der Waals surface area contributed by atoms with Crippen LogP contribution in [0.4, 0.5) is 29.3 Å². The van der Waals surface area contributed by atoms with E-state index >= 15 is 0 Å². The molecule has 9 nitrogen and oxygen atoms in total. The maximum atomic E-state index is 12.6. The van der Waals surface area contributed by atoms with Gasteiger partial charge in [-0.3, -0.25) is 9.69 Å². The van der Waals surface area contributed by atoms with Gasteiger partial charge in [-0.25, -0.2) is 9.59 Å². The predicted molar refractivity (Wildman–Crippen MR) is 96.5 cm³/mol. The number of rotatable bonds is 2. The molecule has 1 saturated heterocycles. The van der Waals surface area contributed by atoms with Crippen LogP contribution < -0.4 is 10.6 Å². The standard InChI is InChI=1S/C18H20F3N3O6/c1-16(2,3)30-15(28)24-11(12(25)26)7-17(29)9-5-4-8(6-10(9)23-13(17)24)22-14(27)18(19,20)21/h4-6,11,13,23,29H,7H2,1-3H3,(H,22,27)(H,25,26). The number of ether oxygens (including phenoxy) is 1. The van der Waals surface area contributed by atoms with E-state index < -0.39 is 47.6 Å². The first kappa shape index (κ1) is 21.7. The fraction of sp³-hybridized carbons (Fsp3) is 0.500. The number of benzene rings is 1. The van der Waals surface area contributed by atoms with Crippen molar-refractivity contribution >= 4 is 29.3 Å². The number of halogens is 3. The summed E-state index contributed by atoms with van der Waals surface area (Å²) in [6.07, 6.45) is -7.64. The molecule has 2 aliphatic rings. The highest BCUT2D eigenvalue weighted by molar-refractivity contribution is 5.95. The molecule has 0 aromatic heterocycles. The number of likely N-dealkylation sites (tertiary alicyclic amines) is 1. The van der Waals surface area contributed by atoms with E-state index in [2.05, 4.69) is 5.32 Å². The summed E-state index contributed by atoms with van der Waals surface area (Å²) >= 11 is 0. The van der Waals surface area contributed by atoms with Gasteiger partial charge in [0, 0.05) is 23.4 Å². The van der Waals surface area contributed by atoms with E-state index in [-0.39, 0.29) is 23.4 Å². The molecule has 164 valence electrons. The van der Waals surface area contributed by atoms with Crippen LogP contribution in [0.15, 0.2) is 18.2 Å². The van der Waals surface area contributed by atoms with Crippen LogP contribution in [0, 0.1) is 0 Å². The van der Waals surface area contributed by atoms with Crippen LogP contribution in [0.3, 0.4) is 0 Å². The lowest BCUT2D eigenvalue weighted by Gasteiger charge is -2.31. The molecule has 2 aliphatic heterocycles. The third kappa shape index (κ3) is 3.74. The Balaban J connectivity index is 1.93. The number of carbonyl (C=O) groups excluding carboxylic acids is 2. The number of hydrogen-bond acceptors (Lipinski definition) is 6. The second kappa shape index (κ2) is 6.76. The van der Waals surface area contributed by atoms with E-state index in [1.807, 2.05) is 0 Å². The number of aliphatic carboxylic acids is 1. The van der Waals surface area contributed by atoms with Crippen molar-refractivity contribution in [3.8, 4) is 0 Å². The van der Waals surface area contributed by atoms with Gasteiger partial charge < -0.3 is 25.6 Å². The Hall–Kier alpha value is -3.02. The van der Waals surface area contributed by atoms with Gasteiger partial charge in [-0.15, -0.1) is 0 Å². The second-order valence-electron chi connectivity index (χ2n) is 8.13. The summed E-state index contributed by atoms with van der Waals surface area (Å²) in [7, 11) is 0. The molecule has 4 N–H and O–H groups in total. The van der Waals surface area contributed by atoms with Crippen LogP contribution in [0.1, 0.15) is 32.8 Å². The van der Waals surface area contributed by atoms with Gasteiger partial charge in [0.2, 0.25) is 0 Å². The Morgan fingerprint density at radius 1 is 1.27 bits per heavy atom. The number of carboxylic acids is 1. The van der Waals surface area contributed by atoms with Gasteiger partial charge in [0.1, 0.15) is 23.4 Å². The Morgan fingerprint density at radius 2 is 1.90 bits per heavy atom. The number of alkyl halides is 3. The minimum Gasteiger partial charge on any atom is -0.480 e. The van der Waals surface area contributed by atoms with Crippen molar-refractivity contribution in [3.05, 3.63) is 23.8 Å². The van der Waals surface area contributed by atoms with Crippen LogP contribution >= 0.6 is 0 Å². The number of hydrogen-bond donors (Lipinski definition) is 4. The number of nitrogens with one attached hydrogen (secondary N) is 2. The smallest absolute Gasteiger partial charge is 0.471 e. The third-order valence-corrected chi connectivity index (χ3v) is 4.75. The summed E-state index contributed by atoms with van der Waals surface area (Å²) in [6.45, 7) is 4.78. The van der Waals surface area contributed by atoms with E-state index in [4.69, 9.17) is 4.74 Å². The monoisotopic (exact) mass is 431 g/mol. The maximum Gasteiger partial charge on any atom is 0.471 e. The molecule has 1 fully saturated rings. The quantitative estimate of drug-likeness (QED) is 0.565. The van der Waals surface area contributed by atoms with Crippen molar-refractivity contribution in [1.29, 1.82) is 0 Å². The SMILES string of the molecule is CC(C)(C)OC(=O)N1C(C(=O)O)CC2(O)c3ccc(NC(=O)C(F)(F)F)cc3NC12.